The normalized spacial score (nSPS) is 21.4. The molecule has 1 atom stereocenters. The zero-order valence-corrected chi connectivity index (χ0v) is 16.3. The second kappa shape index (κ2) is 8.20. The number of rotatable bonds is 4. The number of hydrogen-bond donors (Lipinski definition) is 0. The molecule has 2 aliphatic heterocycles. The molecule has 0 aliphatic carbocycles. The molecule has 0 N–H and O–H groups in total. The molecule has 142 valence electrons. The summed E-state index contributed by atoms with van der Waals surface area (Å²) in [6.45, 7) is 6.96. The number of likely N-dealkylation sites (tertiary alicyclic amines) is 1. The first-order chi connectivity index (χ1) is 12.5. The molecule has 2 fully saturated rings. The Hall–Kier alpha value is -1.89. The number of carbonyl (C=O) groups is 3. The highest BCUT2D eigenvalue weighted by atomic mass is 32.1. The maximum atomic E-state index is 12.8. The van der Waals surface area contributed by atoms with Gasteiger partial charge in [-0.15, -0.1) is 11.3 Å². The van der Waals surface area contributed by atoms with Crippen LogP contribution in [-0.4, -0.2) is 71.2 Å². The van der Waals surface area contributed by atoms with Crippen LogP contribution in [0, 0.1) is 5.92 Å². The smallest absolute Gasteiger partial charge is 0.228 e. The Morgan fingerprint density at radius 2 is 1.92 bits per heavy atom. The average molecular weight is 378 g/mol. The Kier molecular flexibility index (Phi) is 5.96. The molecule has 1 aromatic rings. The molecule has 2 saturated heterocycles. The van der Waals surface area contributed by atoms with Gasteiger partial charge >= 0.3 is 0 Å². The SMILES string of the molecule is CC(C)N1CC(C(=O)N2CCCN(C(=O)Cc3cccs3)CC2)CC1=O. The molecule has 7 heteroatoms. The zero-order valence-electron chi connectivity index (χ0n) is 15.5. The third-order valence-corrected chi connectivity index (χ3v) is 6.07. The first-order valence-corrected chi connectivity index (χ1v) is 10.2. The third kappa shape index (κ3) is 4.26. The van der Waals surface area contributed by atoms with Crippen LogP contribution in [0.1, 0.15) is 31.6 Å². The van der Waals surface area contributed by atoms with Crippen molar-refractivity contribution < 1.29 is 14.4 Å². The fourth-order valence-electron chi connectivity index (χ4n) is 3.72. The summed E-state index contributed by atoms with van der Waals surface area (Å²) >= 11 is 1.60. The number of carbonyl (C=O) groups excluding carboxylic acids is 3. The second-order valence-electron chi connectivity index (χ2n) is 7.36. The van der Waals surface area contributed by atoms with E-state index in [9.17, 15) is 14.4 Å². The van der Waals surface area contributed by atoms with Crippen LogP contribution in [0.3, 0.4) is 0 Å². The van der Waals surface area contributed by atoms with Gasteiger partial charge in [-0.25, -0.2) is 0 Å². The van der Waals surface area contributed by atoms with E-state index in [1.54, 1.807) is 16.2 Å². The molecule has 0 radical (unpaired) electrons. The molecular formula is C19H27N3O3S. The van der Waals surface area contributed by atoms with Gasteiger partial charge in [-0.3, -0.25) is 14.4 Å². The molecule has 0 spiro atoms. The lowest BCUT2D eigenvalue weighted by Crippen LogP contribution is -2.41. The third-order valence-electron chi connectivity index (χ3n) is 5.20. The average Bonchev–Trinajstić information content (AvgIpc) is 3.17. The minimum absolute atomic E-state index is 0.0639. The van der Waals surface area contributed by atoms with E-state index in [1.165, 1.54) is 0 Å². The maximum Gasteiger partial charge on any atom is 0.228 e. The molecule has 6 nitrogen and oxygen atoms in total. The van der Waals surface area contributed by atoms with Crippen LogP contribution in [0.4, 0.5) is 0 Å². The van der Waals surface area contributed by atoms with Crippen LogP contribution in [0.2, 0.25) is 0 Å². The largest absolute Gasteiger partial charge is 0.341 e. The van der Waals surface area contributed by atoms with Gasteiger partial charge in [0.1, 0.15) is 0 Å². The van der Waals surface area contributed by atoms with Gasteiger partial charge in [0.05, 0.1) is 12.3 Å². The van der Waals surface area contributed by atoms with Gasteiger partial charge in [-0.2, -0.15) is 0 Å². The highest BCUT2D eigenvalue weighted by Gasteiger charge is 2.37. The van der Waals surface area contributed by atoms with Crippen molar-refractivity contribution in [1.82, 2.24) is 14.7 Å². The molecule has 3 rings (SSSR count). The van der Waals surface area contributed by atoms with E-state index in [4.69, 9.17) is 0 Å². The first-order valence-electron chi connectivity index (χ1n) is 9.34. The highest BCUT2D eigenvalue weighted by molar-refractivity contribution is 7.10. The fraction of sp³-hybridized carbons (Fsp3) is 0.632. The van der Waals surface area contributed by atoms with E-state index in [1.807, 2.05) is 41.2 Å². The van der Waals surface area contributed by atoms with Crippen LogP contribution in [0.25, 0.3) is 0 Å². The Bertz CT molecular complexity index is 659. The summed E-state index contributed by atoms with van der Waals surface area (Å²) in [7, 11) is 0. The van der Waals surface area contributed by atoms with E-state index in [0.717, 1.165) is 11.3 Å². The first kappa shape index (κ1) is 18.9. The Morgan fingerprint density at radius 1 is 1.19 bits per heavy atom. The van der Waals surface area contributed by atoms with Gasteiger partial charge in [0.2, 0.25) is 17.7 Å². The van der Waals surface area contributed by atoms with Crippen LogP contribution >= 0.6 is 11.3 Å². The van der Waals surface area contributed by atoms with Gasteiger partial charge < -0.3 is 14.7 Å². The van der Waals surface area contributed by atoms with Gasteiger partial charge in [0.25, 0.3) is 0 Å². The molecule has 26 heavy (non-hydrogen) atoms. The van der Waals surface area contributed by atoms with Gasteiger partial charge in [-0.05, 0) is 31.7 Å². The van der Waals surface area contributed by atoms with E-state index in [2.05, 4.69) is 0 Å². The van der Waals surface area contributed by atoms with Crippen LogP contribution in [-0.2, 0) is 20.8 Å². The fourth-order valence-corrected chi connectivity index (χ4v) is 4.41. The standard InChI is InChI=1S/C19H27N3O3S/c1-14(2)22-13-15(11-18(22)24)19(25)21-7-4-6-20(8-9-21)17(23)12-16-5-3-10-26-16/h3,5,10,14-15H,4,6-9,11-13H2,1-2H3. The molecule has 0 bridgehead atoms. The summed E-state index contributed by atoms with van der Waals surface area (Å²) in [6, 6.07) is 4.07. The molecule has 2 aliphatic rings. The summed E-state index contributed by atoms with van der Waals surface area (Å²) in [4.78, 5) is 44.0. The monoisotopic (exact) mass is 377 g/mol. The van der Waals surface area contributed by atoms with Crippen LogP contribution in [0.15, 0.2) is 17.5 Å². The van der Waals surface area contributed by atoms with Crippen LogP contribution < -0.4 is 0 Å². The molecular weight excluding hydrogens is 350 g/mol. The van der Waals surface area contributed by atoms with Crippen molar-refractivity contribution in [2.45, 2.75) is 39.2 Å². The Morgan fingerprint density at radius 3 is 2.58 bits per heavy atom. The van der Waals surface area contributed by atoms with Crippen molar-refractivity contribution in [1.29, 1.82) is 0 Å². The Labute approximate surface area is 158 Å². The molecule has 0 saturated carbocycles. The predicted octanol–water partition coefficient (Wildman–Crippen LogP) is 1.61. The van der Waals surface area contributed by atoms with Crippen molar-refractivity contribution in [3.8, 4) is 0 Å². The van der Waals surface area contributed by atoms with Crippen molar-refractivity contribution in [3.05, 3.63) is 22.4 Å². The summed E-state index contributed by atoms with van der Waals surface area (Å²) in [5.74, 6) is 0.0250. The van der Waals surface area contributed by atoms with Crippen molar-refractivity contribution in [2.24, 2.45) is 5.92 Å². The summed E-state index contributed by atoms with van der Waals surface area (Å²) < 4.78 is 0. The van der Waals surface area contributed by atoms with Crippen molar-refractivity contribution >= 4 is 29.1 Å². The molecule has 3 heterocycles. The number of thiophene rings is 1. The van der Waals surface area contributed by atoms with E-state index in [-0.39, 0.29) is 29.7 Å². The van der Waals surface area contributed by atoms with E-state index >= 15 is 0 Å². The van der Waals surface area contributed by atoms with Crippen LogP contribution in [0.5, 0.6) is 0 Å². The molecule has 0 aromatic carbocycles. The quantitative estimate of drug-likeness (QED) is 0.801. The zero-order chi connectivity index (χ0) is 18.7. The predicted molar refractivity (Wildman–Crippen MR) is 101 cm³/mol. The number of nitrogens with zero attached hydrogens (tertiary/aromatic N) is 3. The van der Waals surface area contributed by atoms with E-state index in [0.29, 0.717) is 45.6 Å². The van der Waals surface area contributed by atoms with Gasteiger partial charge in [0.15, 0.2) is 0 Å². The van der Waals surface area contributed by atoms with Crippen molar-refractivity contribution in [2.75, 3.05) is 32.7 Å². The van der Waals surface area contributed by atoms with Crippen molar-refractivity contribution in [3.63, 3.8) is 0 Å². The van der Waals surface area contributed by atoms with Gasteiger partial charge in [0, 0.05) is 50.1 Å². The minimum atomic E-state index is -0.238. The lowest BCUT2D eigenvalue weighted by atomic mass is 10.1. The summed E-state index contributed by atoms with van der Waals surface area (Å²) in [6.07, 6.45) is 1.54. The molecule has 1 aromatic heterocycles. The maximum absolute atomic E-state index is 12.8. The second-order valence-corrected chi connectivity index (χ2v) is 8.39. The lowest BCUT2D eigenvalue weighted by molar-refractivity contribution is -0.136. The molecule has 1 unspecified atom stereocenters. The minimum Gasteiger partial charge on any atom is -0.341 e. The van der Waals surface area contributed by atoms with E-state index < -0.39 is 0 Å². The molecule has 3 amide bonds. The summed E-state index contributed by atoms with van der Waals surface area (Å²) in [5, 5.41) is 1.98. The highest BCUT2D eigenvalue weighted by Crippen LogP contribution is 2.23. The Balaban J connectivity index is 1.54. The summed E-state index contributed by atoms with van der Waals surface area (Å²) in [5.41, 5.74) is 0. The van der Waals surface area contributed by atoms with Gasteiger partial charge in [-0.1, -0.05) is 6.07 Å². The number of hydrogen-bond acceptors (Lipinski definition) is 4. The lowest BCUT2D eigenvalue weighted by Gasteiger charge is -2.25. The number of amides is 3. The topological polar surface area (TPSA) is 60.9 Å².